The molecule has 1 atom stereocenters. The second kappa shape index (κ2) is 8.39. The third-order valence-electron chi connectivity index (χ3n) is 5.48. The van der Waals surface area contributed by atoms with E-state index in [4.69, 9.17) is 16.0 Å². The highest BCUT2D eigenvalue weighted by atomic mass is 35.5. The molecule has 0 radical (unpaired) electrons. The van der Waals surface area contributed by atoms with Crippen molar-refractivity contribution in [2.45, 2.75) is 32.1 Å². The van der Waals surface area contributed by atoms with Gasteiger partial charge in [-0.05, 0) is 43.9 Å². The van der Waals surface area contributed by atoms with Gasteiger partial charge in [-0.3, -0.25) is 9.59 Å². The highest BCUT2D eigenvalue weighted by Crippen LogP contribution is 2.28. The molecule has 2 fully saturated rings. The number of hydrogen-bond acceptors (Lipinski definition) is 5. The Hall–Kier alpha value is -2.28. The van der Waals surface area contributed by atoms with E-state index >= 15 is 0 Å². The lowest BCUT2D eigenvalue weighted by Gasteiger charge is -2.30. The van der Waals surface area contributed by atoms with Gasteiger partial charge in [0.15, 0.2) is 5.58 Å². The molecule has 0 saturated carbocycles. The van der Waals surface area contributed by atoms with Crippen LogP contribution in [0.15, 0.2) is 22.6 Å². The van der Waals surface area contributed by atoms with Gasteiger partial charge in [-0.15, -0.1) is 0 Å². The van der Waals surface area contributed by atoms with Gasteiger partial charge in [-0.2, -0.15) is 4.98 Å². The molecule has 1 N–H and O–H groups in total. The minimum atomic E-state index is -0.0826. The standard InChI is InChI=1S/C20H25ClN4O3/c21-15-6-7-17-16(12-15)23-20(28-17)25-10-1-4-14(13-25)19(27)22-8-3-11-24-9-2-5-18(24)26/h6-7,12,14H,1-5,8-11,13H2,(H,22,27). The largest absolute Gasteiger partial charge is 0.423 e. The number of amides is 2. The predicted molar refractivity (Wildman–Crippen MR) is 107 cm³/mol. The van der Waals surface area contributed by atoms with E-state index in [-0.39, 0.29) is 17.7 Å². The maximum Gasteiger partial charge on any atom is 0.298 e. The first-order valence-electron chi connectivity index (χ1n) is 9.97. The minimum absolute atomic E-state index is 0.0663. The van der Waals surface area contributed by atoms with Crippen LogP contribution >= 0.6 is 11.6 Å². The number of carbonyl (C=O) groups is 2. The Bertz CT molecular complexity index is 868. The van der Waals surface area contributed by atoms with Gasteiger partial charge in [0.1, 0.15) is 5.52 Å². The van der Waals surface area contributed by atoms with Gasteiger partial charge in [-0.25, -0.2) is 0 Å². The Kier molecular flexibility index (Phi) is 5.71. The van der Waals surface area contributed by atoms with Crippen LogP contribution in [-0.2, 0) is 9.59 Å². The molecule has 1 unspecified atom stereocenters. The van der Waals surface area contributed by atoms with E-state index in [0.717, 1.165) is 50.8 Å². The Morgan fingerprint density at radius 1 is 1.32 bits per heavy atom. The number of hydrogen-bond donors (Lipinski definition) is 1. The monoisotopic (exact) mass is 404 g/mol. The van der Waals surface area contributed by atoms with Crippen LogP contribution in [0.2, 0.25) is 5.02 Å². The third kappa shape index (κ3) is 4.24. The molecule has 1 aromatic heterocycles. The summed E-state index contributed by atoms with van der Waals surface area (Å²) >= 11 is 6.02. The summed E-state index contributed by atoms with van der Waals surface area (Å²) in [6.07, 6.45) is 4.18. The molecule has 0 spiro atoms. The average molecular weight is 405 g/mol. The molecule has 0 aliphatic carbocycles. The summed E-state index contributed by atoms with van der Waals surface area (Å²) in [5.74, 6) is 0.214. The zero-order valence-electron chi connectivity index (χ0n) is 15.8. The maximum atomic E-state index is 12.6. The summed E-state index contributed by atoms with van der Waals surface area (Å²) in [5, 5.41) is 3.65. The molecule has 2 aliphatic rings. The van der Waals surface area contributed by atoms with E-state index < -0.39 is 0 Å². The molecular weight excluding hydrogens is 380 g/mol. The summed E-state index contributed by atoms with van der Waals surface area (Å²) in [4.78, 5) is 32.6. The molecule has 1 aromatic carbocycles. The average Bonchev–Trinajstić information content (AvgIpc) is 3.30. The quantitative estimate of drug-likeness (QED) is 0.749. The number of fused-ring (bicyclic) bond motifs is 1. The Morgan fingerprint density at radius 3 is 3.04 bits per heavy atom. The van der Waals surface area contributed by atoms with E-state index in [1.165, 1.54) is 0 Å². The number of oxazole rings is 1. The van der Waals surface area contributed by atoms with E-state index in [1.807, 2.05) is 15.9 Å². The topological polar surface area (TPSA) is 78.7 Å². The zero-order valence-corrected chi connectivity index (χ0v) is 16.6. The lowest BCUT2D eigenvalue weighted by Crippen LogP contribution is -2.43. The van der Waals surface area contributed by atoms with Crippen LogP contribution in [0.5, 0.6) is 0 Å². The smallest absolute Gasteiger partial charge is 0.298 e. The van der Waals surface area contributed by atoms with Gasteiger partial charge < -0.3 is 19.5 Å². The van der Waals surface area contributed by atoms with Crippen LogP contribution in [0.1, 0.15) is 32.1 Å². The number of nitrogens with one attached hydrogen (secondary N) is 1. The fourth-order valence-corrected chi connectivity index (χ4v) is 4.12. The number of halogens is 1. The van der Waals surface area contributed by atoms with E-state index in [9.17, 15) is 9.59 Å². The SMILES string of the molecule is O=C(NCCCN1CCCC1=O)C1CCCN(c2nc3cc(Cl)ccc3o2)C1. The highest BCUT2D eigenvalue weighted by Gasteiger charge is 2.28. The number of rotatable bonds is 6. The molecule has 2 aliphatic heterocycles. The first-order chi connectivity index (χ1) is 13.6. The first kappa shape index (κ1) is 19.1. The predicted octanol–water partition coefficient (Wildman–Crippen LogP) is 2.83. The van der Waals surface area contributed by atoms with Crippen LogP contribution in [0.4, 0.5) is 6.01 Å². The molecule has 8 heteroatoms. The van der Waals surface area contributed by atoms with Gasteiger partial charge in [0.25, 0.3) is 6.01 Å². The summed E-state index contributed by atoms with van der Waals surface area (Å²) in [6.45, 7) is 3.58. The zero-order chi connectivity index (χ0) is 19.5. The molecule has 2 amide bonds. The molecular formula is C20H25ClN4O3. The third-order valence-corrected chi connectivity index (χ3v) is 5.71. The number of likely N-dealkylation sites (tertiary alicyclic amines) is 1. The number of anilines is 1. The van der Waals surface area contributed by atoms with Crippen molar-refractivity contribution in [3.8, 4) is 0 Å². The second-order valence-corrected chi connectivity index (χ2v) is 7.96. The fourth-order valence-electron chi connectivity index (χ4n) is 3.95. The van der Waals surface area contributed by atoms with Gasteiger partial charge in [0.2, 0.25) is 11.8 Å². The highest BCUT2D eigenvalue weighted by molar-refractivity contribution is 6.31. The number of piperidine rings is 1. The molecule has 7 nitrogen and oxygen atoms in total. The van der Waals surface area contributed by atoms with Crippen LogP contribution < -0.4 is 10.2 Å². The van der Waals surface area contributed by atoms with Crippen LogP contribution in [0.25, 0.3) is 11.1 Å². The molecule has 4 rings (SSSR count). The summed E-state index contributed by atoms with van der Waals surface area (Å²) in [6, 6.07) is 5.92. The Labute approximate surface area is 169 Å². The van der Waals surface area contributed by atoms with Crippen LogP contribution in [0, 0.1) is 5.92 Å². The van der Waals surface area contributed by atoms with Gasteiger partial charge >= 0.3 is 0 Å². The molecule has 0 bridgehead atoms. The fraction of sp³-hybridized carbons (Fsp3) is 0.550. The molecule has 2 saturated heterocycles. The van der Waals surface area contributed by atoms with Gasteiger partial charge in [-0.1, -0.05) is 11.6 Å². The van der Waals surface area contributed by atoms with Crippen LogP contribution in [0.3, 0.4) is 0 Å². The van der Waals surface area contributed by atoms with Crippen molar-refractivity contribution in [3.05, 3.63) is 23.2 Å². The lowest BCUT2D eigenvalue weighted by atomic mass is 9.97. The number of nitrogens with zero attached hydrogens (tertiary/aromatic N) is 3. The van der Waals surface area contributed by atoms with Crippen molar-refractivity contribution in [1.29, 1.82) is 0 Å². The van der Waals surface area contributed by atoms with Gasteiger partial charge in [0, 0.05) is 44.2 Å². The number of aromatic nitrogens is 1. The van der Waals surface area contributed by atoms with Gasteiger partial charge in [0.05, 0.1) is 5.92 Å². The summed E-state index contributed by atoms with van der Waals surface area (Å²) in [5.41, 5.74) is 1.42. The second-order valence-electron chi connectivity index (χ2n) is 7.52. The van der Waals surface area contributed by atoms with Crippen LogP contribution in [-0.4, -0.2) is 54.4 Å². The first-order valence-corrected chi connectivity index (χ1v) is 10.3. The number of carbonyl (C=O) groups excluding carboxylic acids is 2. The number of benzene rings is 1. The summed E-state index contributed by atoms with van der Waals surface area (Å²) in [7, 11) is 0. The van der Waals surface area contributed by atoms with Crippen molar-refractivity contribution >= 4 is 40.5 Å². The molecule has 3 heterocycles. The summed E-state index contributed by atoms with van der Waals surface area (Å²) < 4.78 is 5.84. The van der Waals surface area contributed by atoms with E-state index in [1.54, 1.807) is 12.1 Å². The van der Waals surface area contributed by atoms with Crippen molar-refractivity contribution < 1.29 is 14.0 Å². The molecule has 28 heavy (non-hydrogen) atoms. The minimum Gasteiger partial charge on any atom is -0.423 e. The molecule has 2 aromatic rings. The van der Waals surface area contributed by atoms with Crippen molar-refractivity contribution in [1.82, 2.24) is 15.2 Å². The van der Waals surface area contributed by atoms with Crippen molar-refractivity contribution in [3.63, 3.8) is 0 Å². The van der Waals surface area contributed by atoms with Crippen molar-refractivity contribution in [2.24, 2.45) is 5.92 Å². The molecule has 150 valence electrons. The van der Waals surface area contributed by atoms with Crippen molar-refractivity contribution in [2.75, 3.05) is 37.6 Å². The maximum absolute atomic E-state index is 12.6. The van der Waals surface area contributed by atoms with E-state index in [2.05, 4.69) is 10.3 Å². The van der Waals surface area contributed by atoms with E-state index in [0.29, 0.717) is 36.1 Å². The normalized spacial score (nSPS) is 20.2. The lowest BCUT2D eigenvalue weighted by molar-refractivity contribution is -0.127. The Morgan fingerprint density at radius 2 is 2.21 bits per heavy atom. The Balaban J connectivity index is 1.28.